The van der Waals surface area contributed by atoms with Crippen LogP contribution in [0.1, 0.15) is 52.4 Å². The zero-order valence-corrected chi connectivity index (χ0v) is 12.1. The minimum atomic E-state index is 0.337. The molecule has 1 amide bonds. The Morgan fingerprint density at radius 2 is 1.78 bits per heavy atom. The lowest BCUT2D eigenvalue weighted by atomic mass is 9.72. The fourth-order valence-electron chi connectivity index (χ4n) is 3.42. The summed E-state index contributed by atoms with van der Waals surface area (Å²) in [6, 6.07) is 0. The fourth-order valence-corrected chi connectivity index (χ4v) is 3.42. The molecule has 0 aromatic carbocycles. The van der Waals surface area contributed by atoms with Crippen LogP contribution in [0.15, 0.2) is 0 Å². The maximum atomic E-state index is 11.6. The van der Waals surface area contributed by atoms with E-state index in [0.717, 1.165) is 13.1 Å². The van der Waals surface area contributed by atoms with E-state index in [-0.39, 0.29) is 0 Å². The molecular formula is C15H28N2O. The number of unbranched alkanes of at least 4 members (excludes halogenated alkanes) is 2. The largest absolute Gasteiger partial charge is 0.343 e. The molecule has 0 bridgehead atoms. The van der Waals surface area contributed by atoms with Gasteiger partial charge in [0.1, 0.15) is 0 Å². The second kappa shape index (κ2) is 6.05. The second-order valence-corrected chi connectivity index (χ2v) is 6.15. The molecule has 1 spiro atoms. The van der Waals surface area contributed by atoms with E-state index in [1.807, 2.05) is 6.92 Å². The first-order valence-corrected chi connectivity index (χ1v) is 7.69. The maximum Gasteiger partial charge on any atom is 0.222 e. The van der Waals surface area contributed by atoms with Crippen molar-refractivity contribution < 1.29 is 4.79 Å². The van der Waals surface area contributed by atoms with Gasteiger partial charge in [0.15, 0.2) is 0 Å². The first-order valence-electron chi connectivity index (χ1n) is 7.69. The Labute approximate surface area is 112 Å². The molecule has 0 radical (unpaired) electrons. The fraction of sp³-hybridized carbons (Fsp3) is 0.933. The van der Waals surface area contributed by atoms with Crippen LogP contribution in [-0.2, 0) is 4.79 Å². The molecule has 2 rings (SSSR count). The van der Waals surface area contributed by atoms with E-state index < -0.39 is 0 Å². The van der Waals surface area contributed by atoms with Crippen LogP contribution in [0.2, 0.25) is 0 Å². The van der Waals surface area contributed by atoms with Gasteiger partial charge in [-0.25, -0.2) is 0 Å². The summed E-state index contributed by atoms with van der Waals surface area (Å²) in [6.07, 6.45) is 7.14. The summed E-state index contributed by atoms with van der Waals surface area (Å²) in [4.78, 5) is 16.3. The first kappa shape index (κ1) is 13.9. The van der Waals surface area contributed by atoms with Crippen molar-refractivity contribution in [1.29, 1.82) is 0 Å². The van der Waals surface area contributed by atoms with Gasteiger partial charge >= 0.3 is 0 Å². The Kier molecular flexibility index (Phi) is 4.66. The van der Waals surface area contributed by atoms with E-state index in [2.05, 4.69) is 16.7 Å². The van der Waals surface area contributed by atoms with E-state index in [0.29, 0.717) is 17.7 Å². The molecule has 2 aliphatic rings. The van der Waals surface area contributed by atoms with E-state index in [9.17, 15) is 4.79 Å². The van der Waals surface area contributed by atoms with E-state index in [1.54, 1.807) is 0 Å². The SMILES string of the molecule is CCCCCN1CC2(CCN(C(=O)CC)CC2)C1. The third kappa shape index (κ3) is 3.05. The van der Waals surface area contributed by atoms with Crippen molar-refractivity contribution in [3.05, 3.63) is 0 Å². The summed E-state index contributed by atoms with van der Waals surface area (Å²) in [6.45, 7) is 10.1. The van der Waals surface area contributed by atoms with Crippen LogP contribution in [0.25, 0.3) is 0 Å². The van der Waals surface area contributed by atoms with Gasteiger partial charge in [-0.1, -0.05) is 26.7 Å². The highest BCUT2D eigenvalue weighted by Crippen LogP contribution is 2.40. The Morgan fingerprint density at radius 1 is 1.11 bits per heavy atom. The first-order chi connectivity index (χ1) is 8.69. The molecule has 0 N–H and O–H groups in total. The second-order valence-electron chi connectivity index (χ2n) is 6.15. The predicted octanol–water partition coefficient (Wildman–Crippen LogP) is 2.51. The number of hydrogen-bond donors (Lipinski definition) is 0. The zero-order chi connectivity index (χ0) is 13.0. The number of nitrogens with zero attached hydrogens (tertiary/aromatic N) is 2. The third-order valence-corrected chi connectivity index (χ3v) is 4.68. The van der Waals surface area contributed by atoms with Gasteiger partial charge in [0.25, 0.3) is 0 Å². The van der Waals surface area contributed by atoms with E-state index in [1.165, 1.54) is 51.7 Å². The van der Waals surface area contributed by atoms with Gasteiger partial charge in [-0.05, 0) is 31.2 Å². The molecule has 104 valence electrons. The molecule has 2 aliphatic heterocycles. The lowest BCUT2D eigenvalue weighted by Crippen LogP contribution is -2.60. The Balaban J connectivity index is 1.67. The lowest BCUT2D eigenvalue weighted by Gasteiger charge is -2.54. The molecule has 2 fully saturated rings. The van der Waals surface area contributed by atoms with Crippen LogP contribution in [0.3, 0.4) is 0 Å². The third-order valence-electron chi connectivity index (χ3n) is 4.68. The molecule has 2 heterocycles. The quantitative estimate of drug-likeness (QED) is 0.702. The molecule has 2 saturated heterocycles. The topological polar surface area (TPSA) is 23.6 Å². The van der Waals surface area contributed by atoms with Crippen LogP contribution in [-0.4, -0.2) is 48.4 Å². The standard InChI is InChI=1S/C15H28N2O/c1-3-5-6-9-16-12-15(13-16)7-10-17(11-8-15)14(18)4-2/h3-13H2,1-2H3. The van der Waals surface area contributed by atoms with Gasteiger partial charge in [0.2, 0.25) is 5.91 Å². The van der Waals surface area contributed by atoms with Gasteiger partial charge in [-0.15, -0.1) is 0 Å². The van der Waals surface area contributed by atoms with Crippen molar-refractivity contribution in [3.63, 3.8) is 0 Å². The molecular weight excluding hydrogens is 224 g/mol. The van der Waals surface area contributed by atoms with Gasteiger partial charge in [0.05, 0.1) is 0 Å². The van der Waals surface area contributed by atoms with Gasteiger partial charge in [-0.3, -0.25) is 4.79 Å². The summed E-state index contributed by atoms with van der Waals surface area (Å²) in [5.74, 6) is 0.337. The summed E-state index contributed by atoms with van der Waals surface area (Å²) in [5, 5.41) is 0. The van der Waals surface area contributed by atoms with Crippen molar-refractivity contribution in [3.8, 4) is 0 Å². The number of carbonyl (C=O) groups excluding carboxylic acids is 1. The van der Waals surface area contributed by atoms with Gasteiger partial charge < -0.3 is 9.80 Å². The minimum Gasteiger partial charge on any atom is -0.343 e. The summed E-state index contributed by atoms with van der Waals surface area (Å²) in [7, 11) is 0. The molecule has 0 saturated carbocycles. The lowest BCUT2D eigenvalue weighted by molar-refractivity contribution is -0.135. The molecule has 3 heteroatoms. The summed E-state index contributed by atoms with van der Waals surface area (Å²) >= 11 is 0. The molecule has 3 nitrogen and oxygen atoms in total. The van der Waals surface area contributed by atoms with Crippen LogP contribution < -0.4 is 0 Å². The smallest absolute Gasteiger partial charge is 0.222 e. The minimum absolute atomic E-state index is 0.337. The molecule has 18 heavy (non-hydrogen) atoms. The molecule has 0 aromatic heterocycles. The average molecular weight is 252 g/mol. The number of likely N-dealkylation sites (tertiary alicyclic amines) is 2. The van der Waals surface area contributed by atoms with Crippen LogP contribution >= 0.6 is 0 Å². The zero-order valence-electron chi connectivity index (χ0n) is 12.1. The number of carbonyl (C=O) groups is 1. The molecule has 0 atom stereocenters. The van der Waals surface area contributed by atoms with Gasteiger partial charge in [0, 0.05) is 32.6 Å². The summed E-state index contributed by atoms with van der Waals surface area (Å²) in [5.41, 5.74) is 0.566. The highest BCUT2D eigenvalue weighted by atomic mass is 16.2. The van der Waals surface area contributed by atoms with Crippen LogP contribution in [0.4, 0.5) is 0 Å². The van der Waals surface area contributed by atoms with E-state index >= 15 is 0 Å². The van der Waals surface area contributed by atoms with Crippen molar-refractivity contribution in [2.24, 2.45) is 5.41 Å². The van der Waals surface area contributed by atoms with Crippen molar-refractivity contribution >= 4 is 5.91 Å². The monoisotopic (exact) mass is 252 g/mol. The van der Waals surface area contributed by atoms with Crippen LogP contribution in [0.5, 0.6) is 0 Å². The number of piperidine rings is 1. The van der Waals surface area contributed by atoms with Crippen molar-refractivity contribution in [1.82, 2.24) is 9.80 Å². The van der Waals surface area contributed by atoms with E-state index in [4.69, 9.17) is 0 Å². The predicted molar refractivity (Wildman–Crippen MR) is 74.5 cm³/mol. The molecule has 0 unspecified atom stereocenters. The van der Waals surface area contributed by atoms with Crippen molar-refractivity contribution in [2.75, 3.05) is 32.7 Å². The maximum absolute atomic E-state index is 11.6. The van der Waals surface area contributed by atoms with Gasteiger partial charge in [-0.2, -0.15) is 0 Å². The molecule has 0 aromatic rings. The highest BCUT2D eigenvalue weighted by molar-refractivity contribution is 5.75. The Hall–Kier alpha value is -0.570. The average Bonchev–Trinajstić information content (AvgIpc) is 2.37. The highest BCUT2D eigenvalue weighted by Gasteiger charge is 2.44. The number of amides is 1. The van der Waals surface area contributed by atoms with Crippen molar-refractivity contribution in [2.45, 2.75) is 52.4 Å². The molecule has 0 aliphatic carbocycles. The Bertz CT molecular complexity index is 274. The Morgan fingerprint density at radius 3 is 2.33 bits per heavy atom. The number of rotatable bonds is 5. The van der Waals surface area contributed by atoms with Crippen LogP contribution in [0, 0.1) is 5.41 Å². The number of hydrogen-bond acceptors (Lipinski definition) is 2. The summed E-state index contributed by atoms with van der Waals surface area (Å²) < 4.78 is 0. The normalized spacial score (nSPS) is 23.1.